The lowest BCUT2D eigenvalue weighted by molar-refractivity contribution is 0.0283. The fraction of sp³-hybridized carbons (Fsp3) is 0.588. The van der Waals surface area contributed by atoms with Crippen LogP contribution in [0.5, 0.6) is 0 Å². The van der Waals surface area contributed by atoms with E-state index >= 15 is 0 Å². The molecule has 0 spiro atoms. The Hall–Kier alpha value is -1.00. The molecule has 1 unspecified atom stereocenters. The monoisotopic (exact) mass is 304 g/mol. The van der Waals surface area contributed by atoms with E-state index in [4.69, 9.17) is 9.73 Å². The Kier molecular flexibility index (Phi) is 4.86. The molecule has 1 N–H and O–H groups in total. The third kappa shape index (κ3) is 4.24. The van der Waals surface area contributed by atoms with Crippen molar-refractivity contribution >= 4 is 16.9 Å². The van der Waals surface area contributed by atoms with E-state index in [2.05, 4.69) is 42.6 Å². The van der Waals surface area contributed by atoms with Gasteiger partial charge in [0.2, 0.25) is 0 Å². The van der Waals surface area contributed by atoms with Gasteiger partial charge in [-0.1, -0.05) is 49.0 Å². The van der Waals surface area contributed by atoms with Crippen LogP contribution in [0.4, 0.5) is 0 Å². The summed E-state index contributed by atoms with van der Waals surface area (Å²) in [5.41, 5.74) is 1.72. The van der Waals surface area contributed by atoms with E-state index in [0.29, 0.717) is 11.5 Å². The Balaban J connectivity index is 1.51. The standard InChI is InChI=1S/C17H24N2OS/c1-17(7-9-20-10-8-17)13-18-16-19-15(12-21-16)11-14-5-3-2-4-6-14/h2-6,15H,7-13H2,1H3,(H,18,19). The van der Waals surface area contributed by atoms with Crippen LogP contribution in [0.15, 0.2) is 35.3 Å². The molecule has 21 heavy (non-hydrogen) atoms. The van der Waals surface area contributed by atoms with Gasteiger partial charge in [-0.3, -0.25) is 4.99 Å². The van der Waals surface area contributed by atoms with Crippen molar-refractivity contribution in [3.8, 4) is 0 Å². The number of amidine groups is 1. The number of ether oxygens (including phenoxy) is 1. The summed E-state index contributed by atoms with van der Waals surface area (Å²) in [7, 11) is 0. The first kappa shape index (κ1) is 14.9. The Labute approximate surface area is 131 Å². The molecular weight excluding hydrogens is 280 g/mol. The molecule has 2 heterocycles. The normalized spacial score (nSPS) is 26.7. The van der Waals surface area contributed by atoms with Crippen molar-refractivity contribution in [2.24, 2.45) is 10.4 Å². The van der Waals surface area contributed by atoms with Gasteiger partial charge >= 0.3 is 0 Å². The maximum absolute atomic E-state index is 5.45. The van der Waals surface area contributed by atoms with Crippen LogP contribution < -0.4 is 5.32 Å². The van der Waals surface area contributed by atoms with Gasteiger partial charge in [-0.05, 0) is 30.2 Å². The molecule has 1 atom stereocenters. The van der Waals surface area contributed by atoms with Gasteiger partial charge in [0, 0.05) is 31.6 Å². The first-order chi connectivity index (χ1) is 10.2. The van der Waals surface area contributed by atoms with Crippen LogP contribution in [0, 0.1) is 5.41 Å². The Bertz CT molecular complexity index is 483. The van der Waals surface area contributed by atoms with Gasteiger partial charge < -0.3 is 10.1 Å². The number of nitrogens with zero attached hydrogens (tertiary/aromatic N) is 1. The third-order valence-electron chi connectivity index (χ3n) is 4.38. The number of thioether (sulfide) groups is 1. The molecule has 2 saturated heterocycles. The molecule has 4 heteroatoms. The van der Waals surface area contributed by atoms with Crippen molar-refractivity contribution in [1.82, 2.24) is 5.32 Å². The maximum atomic E-state index is 5.45. The summed E-state index contributed by atoms with van der Waals surface area (Å²) in [5.74, 6) is 1.12. The van der Waals surface area contributed by atoms with Gasteiger partial charge in [0.1, 0.15) is 0 Å². The summed E-state index contributed by atoms with van der Waals surface area (Å²) in [6, 6.07) is 11.2. The van der Waals surface area contributed by atoms with Crippen molar-refractivity contribution < 1.29 is 4.74 Å². The van der Waals surface area contributed by atoms with Crippen LogP contribution in [0.25, 0.3) is 0 Å². The molecule has 2 aliphatic rings. The van der Waals surface area contributed by atoms with Crippen LogP contribution in [0.2, 0.25) is 0 Å². The topological polar surface area (TPSA) is 33.6 Å². The third-order valence-corrected chi connectivity index (χ3v) is 5.47. The quantitative estimate of drug-likeness (QED) is 0.928. The van der Waals surface area contributed by atoms with E-state index in [1.165, 1.54) is 5.56 Å². The predicted molar refractivity (Wildman–Crippen MR) is 90.0 cm³/mol. The van der Waals surface area contributed by atoms with E-state index < -0.39 is 0 Å². The molecule has 1 aromatic rings. The second-order valence-electron chi connectivity index (χ2n) is 6.39. The van der Waals surface area contributed by atoms with Crippen LogP contribution in [0.1, 0.15) is 25.3 Å². The van der Waals surface area contributed by atoms with Crippen molar-refractivity contribution in [2.45, 2.75) is 32.2 Å². The predicted octanol–water partition coefficient (Wildman–Crippen LogP) is 3.11. The number of hydrogen-bond donors (Lipinski definition) is 1. The summed E-state index contributed by atoms with van der Waals surface area (Å²) in [6.07, 6.45) is 3.34. The van der Waals surface area contributed by atoms with Crippen molar-refractivity contribution in [2.75, 3.05) is 25.5 Å². The van der Waals surface area contributed by atoms with Gasteiger partial charge in [-0.15, -0.1) is 0 Å². The molecule has 0 amide bonds. The van der Waals surface area contributed by atoms with Gasteiger partial charge in [0.15, 0.2) is 5.17 Å². The average Bonchev–Trinajstić information content (AvgIpc) is 2.95. The molecule has 0 aliphatic carbocycles. The molecule has 114 valence electrons. The molecule has 0 aromatic heterocycles. The number of hydrogen-bond acceptors (Lipinski definition) is 3. The summed E-state index contributed by atoms with van der Waals surface area (Å²) in [5, 5.41) is 4.71. The number of rotatable bonds is 4. The van der Waals surface area contributed by atoms with Crippen molar-refractivity contribution in [3.05, 3.63) is 35.9 Å². The summed E-state index contributed by atoms with van der Waals surface area (Å²) in [4.78, 5) is 4.82. The highest BCUT2D eigenvalue weighted by molar-refractivity contribution is 8.14. The largest absolute Gasteiger partial charge is 0.381 e. The zero-order chi connectivity index (χ0) is 14.5. The number of aliphatic imine (C=N–C) groups is 1. The smallest absolute Gasteiger partial charge is 0.156 e. The van der Waals surface area contributed by atoms with Crippen molar-refractivity contribution in [3.63, 3.8) is 0 Å². The zero-order valence-corrected chi connectivity index (χ0v) is 13.5. The second-order valence-corrected chi connectivity index (χ2v) is 7.40. The lowest BCUT2D eigenvalue weighted by Crippen LogP contribution is -2.32. The van der Waals surface area contributed by atoms with E-state index in [0.717, 1.165) is 49.9 Å². The highest BCUT2D eigenvalue weighted by atomic mass is 32.2. The average molecular weight is 304 g/mol. The Morgan fingerprint density at radius 1 is 1.29 bits per heavy atom. The first-order valence-electron chi connectivity index (χ1n) is 7.79. The van der Waals surface area contributed by atoms with Crippen molar-refractivity contribution in [1.29, 1.82) is 0 Å². The molecule has 0 bridgehead atoms. The van der Waals surface area contributed by atoms with E-state index in [1.54, 1.807) is 0 Å². The molecule has 3 nitrogen and oxygen atoms in total. The van der Waals surface area contributed by atoms with Crippen LogP contribution in [0.3, 0.4) is 0 Å². The highest BCUT2D eigenvalue weighted by Gasteiger charge is 2.28. The number of benzene rings is 1. The Morgan fingerprint density at radius 2 is 2.05 bits per heavy atom. The summed E-state index contributed by atoms with van der Waals surface area (Å²) in [6.45, 7) is 5.03. The lowest BCUT2D eigenvalue weighted by Gasteiger charge is -2.31. The maximum Gasteiger partial charge on any atom is 0.156 e. The first-order valence-corrected chi connectivity index (χ1v) is 8.78. The molecule has 3 rings (SSSR count). The van der Waals surface area contributed by atoms with E-state index in [1.807, 2.05) is 11.8 Å². The Morgan fingerprint density at radius 3 is 2.81 bits per heavy atom. The van der Waals surface area contributed by atoms with Gasteiger partial charge in [0.05, 0.1) is 0 Å². The molecule has 2 aliphatic heterocycles. The summed E-state index contributed by atoms with van der Waals surface area (Å²) < 4.78 is 5.45. The van der Waals surface area contributed by atoms with Crippen LogP contribution in [-0.2, 0) is 11.2 Å². The summed E-state index contributed by atoms with van der Waals surface area (Å²) >= 11 is 1.86. The van der Waals surface area contributed by atoms with Crippen LogP contribution in [-0.4, -0.2) is 36.7 Å². The minimum absolute atomic E-state index is 0.324. The SMILES string of the molecule is CC1(CN=C2NC(Cc3ccccc3)CS2)CCOCC1. The fourth-order valence-corrected chi connectivity index (χ4v) is 3.79. The van der Waals surface area contributed by atoms with Gasteiger partial charge in [-0.25, -0.2) is 0 Å². The highest BCUT2D eigenvalue weighted by Crippen LogP contribution is 2.30. The molecule has 1 aromatic carbocycles. The minimum Gasteiger partial charge on any atom is -0.381 e. The van der Waals surface area contributed by atoms with E-state index in [-0.39, 0.29) is 0 Å². The molecular formula is C17H24N2OS. The van der Waals surface area contributed by atoms with Gasteiger partial charge in [0.25, 0.3) is 0 Å². The second kappa shape index (κ2) is 6.84. The number of nitrogens with one attached hydrogen (secondary N) is 1. The minimum atomic E-state index is 0.324. The lowest BCUT2D eigenvalue weighted by atomic mass is 9.83. The molecule has 0 radical (unpaired) electrons. The molecule has 2 fully saturated rings. The fourth-order valence-electron chi connectivity index (χ4n) is 2.82. The van der Waals surface area contributed by atoms with E-state index in [9.17, 15) is 0 Å². The van der Waals surface area contributed by atoms with Gasteiger partial charge in [-0.2, -0.15) is 0 Å². The molecule has 0 saturated carbocycles. The zero-order valence-electron chi connectivity index (χ0n) is 12.7. The van der Waals surface area contributed by atoms with Crippen LogP contribution >= 0.6 is 11.8 Å².